The number of likely N-dealkylation sites (tertiary alicyclic amines) is 1. The van der Waals surface area contributed by atoms with E-state index in [1.807, 2.05) is 19.9 Å². The molecule has 0 aromatic carbocycles. The second kappa shape index (κ2) is 7.91. The van der Waals surface area contributed by atoms with Crippen molar-refractivity contribution in [3.63, 3.8) is 0 Å². The molecule has 136 valence electrons. The maximum atomic E-state index is 12.7. The highest BCUT2D eigenvalue weighted by Crippen LogP contribution is 2.22. The third kappa shape index (κ3) is 4.54. The van der Waals surface area contributed by atoms with Crippen molar-refractivity contribution in [2.24, 2.45) is 0 Å². The van der Waals surface area contributed by atoms with Crippen molar-refractivity contribution in [3.8, 4) is 0 Å². The molecule has 0 radical (unpaired) electrons. The fourth-order valence-electron chi connectivity index (χ4n) is 3.43. The largest absolute Gasteiger partial charge is 0.368 e. The molecule has 0 saturated carbocycles. The SMILES string of the molecule is Cc1cc(C2CN(C(=O)CN3CCCCCC3=O)CCO2)nc(C)n1. The van der Waals surface area contributed by atoms with Gasteiger partial charge in [0.2, 0.25) is 11.8 Å². The second-order valence-corrected chi connectivity index (χ2v) is 6.81. The molecule has 2 saturated heterocycles. The van der Waals surface area contributed by atoms with Crippen LogP contribution in [-0.4, -0.2) is 64.4 Å². The Morgan fingerprint density at radius 3 is 2.88 bits per heavy atom. The van der Waals surface area contributed by atoms with Crippen molar-refractivity contribution in [1.82, 2.24) is 19.8 Å². The predicted octanol–water partition coefficient (Wildman–Crippen LogP) is 1.40. The maximum absolute atomic E-state index is 12.7. The summed E-state index contributed by atoms with van der Waals surface area (Å²) in [6.07, 6.45) is 3.28. The lowest BCUT2D eigenvalue weighted by atomic mass is 10.1. The number of carbonyl (C=O) groups is 2. The molecule has 3 rings (SSSR count). The molecule has 2 aliphatic heterocycles. The van der Waals surface area contributed by atoms with Crippen LogP contribution in [-0.2, 0) is 14.3 Å². The summed E-state index contributed by atoms with van der Waals surface area (Å²) in [5, 5.41) is 0. The van der Waals surface area contributed by atoms with E-state index < -0.39 is 0 Å². The van der Waals surface area contributed by atoms with Crippen molar-refractivity contribution < 1.29 is 14.3 Å². The van der Waals surface area contributed by atoms with Gasteiger partial charge in [0, 0.05) is 25.2 Å². The molecule has 0 N–H and O–H groups in total. The van der Waals surface area contributed by atoms with E-state index >= 15 is 0 Å². The Labute approximate surface area is 148 Å². The molecule has 0 aliphatic carbocycles. The Bertz CT molecular complexity index is 629. The van der Waals surface area contributed by atoms with Crippen LogP contribution in [0.2, 0.25) is 0 Å². The van der Waals surface area contributed by atoms with Crippen molar-refractivity contribution in [2.45, 2.75) is 45.6 Å². The van der Waals surface area contributed by atoms with Gasteiger partial charge < -0.3 is 14.5 Å². The van der Waals surface area contributed by atoms with Crippen LogP contribution in [0.15, 0.2) is 6.07 Å². The number of amides is 2. The minimum Gasteiger partial charge on any atom is -0.368 e. The van der Waals surface area contributed by atoms with E-state index in [0.717, 1.165) is 30.7 Å². The summed E-state index contributed by atoms with van der Waals surface area (Å²) in [4.78, 5) is 37.0. The van der Waals surface area contributed by atoms with Gasteiger partial charge in [0.1, 0.15) is 11.9 Å². The molecule has 0 bridgehead atoms. The molecule has 25 heavy (non-hydrogen) atoms. The van der Waals surface area contributed by atoms with E-state index in [-0.39, 0.29) is 24.5 Å². The van der Waals surface area contributed by atoms with Gasteiger partial charge in [0.05, 0.1) is 25.4 Å². The first-order valence-electron chi connectivity index (χ1n) is 9.02. The quantitative estimate of drug-likeness (QED) is 0.827. The van der Waals surface area contributed by atoms with Crippen LogP contribution in [0.4, 0.5) is 0 Å². The lowest BCUT2D eigenvalue weighted by molar-refractivity contribution is -0.145. The molecule has 2 amide bonds. The molecule has 1 unspecified atom stereocenters. The third-order valence-electron chi connectivity index (χ3n) is 4.73. The number of hydrogen-bond donors (Lipinski definition) is 0. The third-order valence-corrected chi connectivity index (χ3v) is 4.73. The predicted molar refractivity (Wildman–Crippen MR) is 91.8 cm³/mol. The molecule has 2 fully saturated rings. The second-order valence-electron chi connectivity index (χ2n) is 6.81. The molecular weight excluding hydrogens is 320 g/mol. The monoisotopic (exact) mass is 346 g/mol. The number of morpholine rings is 1. The summed E-state index contributed by atoms with van der Waals surface area (Å²) in [5.74, 6) is 0.793. The van der Waals surface area contributed by atoms with Crippen LogP contribution in [0.25, 0.3) is 0 Å². The summed E-state index contributed by atoms with van der Waals surface area (Å²) in [6, 6.07) is 1.91. The highest BCUT2D eigenvalue weighted by atomic mass is 16.5. The minimum absolute atomic E-state index is 0.00829. The van der Waals surface area contributed by atoms with Gasteiger partial charge >= 0.3 is 0 Å². The number of hydrogen-bond acceptors (Lipinski definition) is 5. The zero-order valence-electron chi connectivity index (χ0n) is 15.0. The van der Waals surface area contributed by atoms with Gasteiger partial charge in [-0.15, -0.1) is 0 Å². The van der Waals surface area contributed by atoms with Crippen LogP contribution in [0.1, 0.15) is 49.0 Å². The van der Waals surface area contributed by atoms with Crippen molar-refractivity contribution in [3.05, 3.63) is 23.3 Å². The lowest BCUT2D eigenvalue weighted by Crippen LogP contribution is -2.48. The van der Waals surface area contributed by atoms with Crippen molar-refractivity contribution in [2.75, 3.05) is 32.8 Å². The molecular formula is C18H26N4O3. The molecule has 1 atom stereocenters. The Balaban J connectivity index is 1.64. The molecule has 1 aromatic rings. The van der Waals surface area contributed by atoms with Gasteiger partial charge in [-0.25, -0.2) is 9.97 Å². The van der Waals surface area contributed by atoms with Gasteiger partial charge in [0.15, 0.2) is 0 Å². The minimum atomic E-state index is -0.238. The first-order valence-corrected chi connectivity index (χ1v) is 9.02. The Morgan fingerprint density at radius 2 is 2.08 bits per heavy atom. The van der Waals surface area contributed by atoms with Crippen molar-refractivity contribution in [1.29, 1.82) is 0 Å². The standard InChI is InChI=1S/C18H26N4O3/c1-13-10-15(20-14(2)19-13)16-11-22(8-9-25-16)18(24)12-21-7-5-3-4-6-17(21)23/h10,16H,3-9,11-12H2,1-2H3. The van der Waals surface area contributed by atoms with E-state index in [4.69, 9.17) is 4.74 Å². The van der Waals surface area contributed by atoms with Crippen LogP contribution < -0.4 is 0 Å². The van der Waals surface area contributed by atoms with Crippen LogP contribution >= 0.6 is 0 Å². The van der Waals surface area contributed by atoms with Crippen LogP contribution in [0, 0.1) is 13.8 Å². The molecule has 2 aliphatic rings. The van der Waals surface area contributed by atoms with E-state index in [1.54, 1.807) is 9.80 Å². The fourth-order valence-corrected chi connectivity index (χ4v) is 3.43. The van der Waals surface area contributed by atoms with Gasteiger partial charge in [-0.2, -0.15) is 0 Å². The normalized spacial score (nSPS) is 22.0. The number of carbonyl (C=O) groups excluding carboxylic acids is 2. The number of aromatic nitrogens is 2. The molecule has 7 nitrogen and oxygen atoms in total. The molecule has 0 spiro atoms. The van der Waals surface area contributed by atoms with Gasteiger partial charge in [-0.3, -0.25) is 9.59 Å². The van der Waals surface area contributed by atoms with Crippen LogP contribution in [0.5, 0.6) is 0 Å². The van der Waals surface area contributed by atoms with E-state index in [0.29, 0.717) is 38.5 Å². The van der Waals surface area contributed by atoms with Gasteiger partial charge in [-0.1, -0.05) is 6.42 Å². The number of aryl methyl sites for hydroxylation is 2. The maximum Gasteiger partial charge on any atom is 0.242 e. The Morgan fingerprint density at radius 1 is 1.24 bits per heavy atom. The number of rotatable bonds is 3. The smallest absolute Gasteiger partial charge is 0.242 e. The highest BCUT2D eigenvalue weighted by molar-refractivity contribution is 5.85. The summed E-state index contributed by atoms with van der Waals surface area (Å²) < 4.78 is 5.82. The number of nitrogens with zero attached hydrogens (tertiary/aromatic N) is 4. The summed E-state index contributed by atoms with van der Waals surface area (Å²) in [7, 11) is 0. The first-order chi connectivity index (χ1) is 12.0. The molecule has 1 aromatic heterocycles. The van der Waals surface area contributed by atoms with Crippen LogP contribution in [0.3, 0.4) is 0 Å². The summed E-state index contributed by atoms with van der Waals surface area (Å²) in [5.41, 5.74) is 1.71. The van der Waals surface area contributed by atoms with E-state index in [1.165, 1.54) is 0 Å². The van der Waals surface area contributed by atoms with Crippen molar-refractivity contribution >= 4 is 11.8 Å². The van der Waals surface area contributed by atoms with E-state index in [9.17, 15) is 9.59 Å². The zero-order valence-corrected chi connectivity index (χ0v) is 15.0. The molecule has 7 heteroatoms. The lowest BCUT2D eigenvalue weighted by Gasteiger charge is -2.34. The van der Waals surface area contributed by atoms with Gasteiger partial charge in [0.25, 0.3) is 0 Å². The van der Waals surface area contributed by atoms with Gasteiger partial charge in [-0.05, 0) is 32.8 Å². The molecule has 3 heterocycles. The highest BCUT2D eigenvalue weighted by Gasteiger charge is 2.29. The Hall–Kier alpha value is -2.02. The summed E-state index contributed by atoms with van der Waals surface area (Å²) in [6.45, 7) is 6.14. The number of ether oxygens (including phenoxy) is 1. The fraction of sp³-hybridized carbons (Fsp3) is 0.667. The first kappa shape index (κ1) is 17.8. The summed E-state index contributed by atoms with van der Waals surface area (Å²) >= 11 is 0. The Kier molecular flexibility index (Phi) is 5.63. The average Bonchev–Trinajstić information content (AvgIpc) is 2.79. The topological polar surface area (TPSA) is 75.6 Å². The average molecular weight is 346 g/mol. The zero-order chi connectivity index (χ0) is 17.8. The van der Waals surface area contributed by atoms with E-state index in [2.05, 4.69) is 9.97 Å².